The zero-order valence-electron chi connectivity index (χ0n) is 10.1. The van der Waals surface area contributed by atoms with Gasteiger partial charge in [-0.1, -0.05) is 36.9 Å². The van der Waals surface area contributed by atoms with Gasteiger partial charge in [0.25, 0.3) is 0 Å². The summed E-state index contributed by atoms with van der Waals surface area (Å²) in [6.07, 6.45) is 4.70. The van der Waals surface area contributed by atoms with Gasteiger partial charge in [-0.2, -0.15) is 0 Å². The molecule has 1 aromatic heterocycles. The fourth-order valence-corrected chi connectivity index (χ4v) is 2.65. The number of nitrogens with two attached hydrogens (primary N) is 1. The number of rotatable bonds is 4. The Labute approximate surface area is 106 Å². The van der Waals surface area contributed by atoms with Crippen LogP contribution >= 0.6 is 11.8 Å². The predicted octanol–water partition coefficient (Wildman–Crippen LogP) is 2.98. The van der Waals surface area contributed by atoms with Crippen molar-refractivity contribution in [3.63, 3.8) is 0 Å². The number of aryl methyl sites for hydroxylation is 1. The maximum Gasteiger partial charge on any atom is 0.172 e. The average Bonchev–Trinajstić information content (AvgIpc) is 2.75. The van der Waals surface area contributed by atoms with Crippen molar-refractivity contribution < 1.29 is 0 Å². The molecule has 0 fully saturated rings. The van der Waals surface area contributed by atoms with Crippen molar-refractivity contribution in [1.29, 1.82) is 0 Å². The van der Waals surface area contributed by atoms with Gasteiger partial charge in [-0.05, 0) is 18.1 Å². The number of hydrogen-bond acceptors (Lipinski definition) is 3. The van der Waals surface area contributed by atoms with E-state index in [1.807, 2.05) is 36.1 Å². The maximum absolute atomic E-state index is 6.12. The molecule has 0 unspecified atom stereocenters. The van der Waals surface area contributed by atoms with Gasteiger partial charge in [-0.25, -0.2) is 4.98 Å². The van der Waals surface area contributed by atoms with Crippen LogP contribution in [0.1, 0.15) is 24.9 Å². The highest BCUT2D eigenvalue weighted by Crippen LogP contribution is 2.32. The third-order valence-electron chi connectivity index (χ3n) is 2.74. The molecule has 0 saturated heterocycles. The molecule has 1 heterocycles. The molecule has 0 spiro atoms. The SMILES string of the molecule is CC[C@H](N)c1ccccc1Sc1nccn1C. The second-order valence-corrected chi connectivity index (χ2v) is 4.98. The predicted molar refractivity (Wildman–Crippen MR) is 71.0 cm³/mol. The van der Waals surface area contributed by atoms with Crippen molar-refractivity contribution in [2.24, 2.45) is 12.8 Å². The number of aromatic nitrogens is 2. The van der Waals surface area contributed by atoms with Crippen molar-refractivity contribution in [1.82, 2.24) is 9.55 Å². The van der Waals surface area contributed by atoms with E-state index in [1.54, 1.807) is 11.8 Å². The molecule has 17 heavy (non-hydrogen) atoms. The fourth-order valence-electron chi connectivity index (χ4n) is 1.65. The molecule has 0 bridgehead atoms. The van der Waals surface area contributed by atoms with Crippen LogP contribution in [0.25, 0.3) is 0 Å². The summed E-state index contributed by atoms with van der Waals surface area (Å²) in [6, 6.07) is 8.37. The van der Waals surface area contributed by atoms with Gasteiger partial charge < -0.3 is 10.3 Å². The number of nitrogens with zero attached hydrogens (tertiary/aromatic N) is 2. The average molecular weight is 247 g/mol. The van der Waals surface area contributed by atoms with E-state index < -0.39 is 0 Å². The monoisotopic (exact) mass is 247 g/mol. The van der Waals surface area contributed by atoms with Gasteiger partial charge in [0.1, 0.15) is 0 Å². The van der Waals surface area contributed by atoms with Gasteiger partial charge in [0.05, 0.1) is 0 Å². The minimum Gasteiger partial charge on any atom is -0.329 e. The molecular formula is C13H17N3S. The van der Waals surface area contributed by atoms with Crippen LogP contribution in [0.3, 0.4) is 0 Å². The van der Waals surface area contributed by atoms with Gasteiger partial charge in [0.2, 0.25) is 0 Å². The van der Waals surface area contributed by atoms with E-state index in [1.165, 1.54) is 10.5 Å². The van der Waals surface area contributed by atoms with Crippen LogP contribution < -0.4 is 5.73 Å². The molecule has 0 aliphatic heterocycles. The molecule has 2 rings (SSSR count). The molecule has 4 heteroatoms. The Morgan fingerprint density at radius 1 is 1.41 bits per heavy atom. The Balaban J connectivity index is 2.30. The third kappa shape index (κ3) is 2.70. The lowest BCUT2D eigenvalue weighted by molar-refractivity contribution is 0.685. The minimum atomic E-state index is 0.0963. The lowest BCUT2D eigenvalue weighted by Gasteiger charge is -2.14. The van der Waals surface area contributed by atoms with Crippen molar-refractivity contribution in [3.8, 4) is 0 Å². The first-order valence-electron chi connectivity index (χ1n) is 5.72. The first-order chi connectivity index (χ1) is 8.22. The minimum absolute atomic E-state index is 0.0963. The van der Waals surface area contributed by atoms with Crippen LogP contribution in [0.5, 0.6) is 0 Å². The van der Waals surface area contributed by atoms with Gasteiger partial charge >= 0.3 is 0 Å². The van der Waals surface area contributed by atoms with Gasteiger partial charge in [-0.3, -0.25) is 0 Å². The van der Waals surface area contributed by atoms with Crippen LogP contribution in [0.2, 0.25) is 0 Å². The van der Waals surface area contributed by atoms with E-state index >= 15 is 0 Å². The van der Waals surface area contributed by atoms with Gasteiger partial charge in [0.15, 0.2) is 5.16 Å². The van der Waals surface area contributed by atoms with Gasteiger partial charge in [0, 0.05) is 30.4 Å². The van der Waals surface area contributed by atoms with Crippen LogP contribution in [0.15, 0.2) is 46.7 Å². The first-order valence-corrected chi connectivity index (χ1v) is 6.53. The van der Waals surface area contributed by atoms with Crippen LogP contribution in [-0.2, 0) is 7.05 Å². The summed E-state index contributed by atoms with van der Waals surface area (Å²) in [6.45, 7) is 2.10. The molecule has 0 aliphatic carbocycles. The molecule has 2 aromatic rings. The summed E-state index contributed by atoms with van der Waals surface area (Å²) in [7, 11) is 2.00. The van der Waals surface area contributed by atoms with Crippen molar-refractivity contribution >= 4 is 11.8 Å². The number of hydrogen-bond donors (Lipinski definition) is 1. The third-order valence-corrected chi connectivity index (χ3v) is 3.90. The standard InChI is InChI=1S/C13H17N3S/c1-3-11(14)10-6-4-5-7-12(10)17-13-15-8-9-16(13)2/h4-9,11H,3,14H2,1-2H3/t11-/m0/s1. The van der Waals surface area contributed by atoms with Crippen LogP contribution in [-0.4, -0.2) is 9.55 Å². The topological polar surface area (TPSA) is 43.8 Å². The van der Waals surface area contributed by atoms with Crippen LogP contribution in [0.4, 0.5) is 0 Å². The van der Waals surface area contributed by atoms with E-state index in [4.69, 9.17) is 5.73 Å². The second kappa shape index (κ2) is 5.38. The number of imidazole rings is 1. The summed E-state index contributed by atoms with van der Waals surface area (Å²) >= 11 is 1.66. The summed E-state index contributed by atoms with van der Waals surface area (Å²) < 4.78 is 2.01. The lowest BCUT2D eigenvalue weighted by atomic mass is 10.1. The summed E-state index contributed by atoms with van der Waals surface area (Å²) in [5.41, 5.74) is 7.32. The highest BCUT2D eigenvalue weighted by molar-refractivity contribution is 7.99. The largest absolute Gasteiger partial charge is 0.329 e. The Morgan fingerprint density at radius 3 is 2.82 bits per heavy atom. The molecule has 2 N–H and O–H groups in total. The Kier molecular flexibility index (Phi) is 3.86. The van der Waals surface area contributed by atoms with E-state index in [2.05, 4.69) is 24.0 Å². The van der Waals surface area contributed by atoms with E-state index in [-0.39, 0.29) is 6.04 Å². The zero-order chi connectivity index (χ0) is 12.3. The molecule has 0 radical (unpaired) electrons. The van der Waals surface area contributed by atoms with Crippen molar-refractivity contribution in [2.45, 2.75) is 29.4 Å². The summed E-state index contributed by atoms with van der Waals surface area (Å²) in [5.74, 6) is 0. The normalized spacial score (nSPS) is 12.6. The van der Waals surface area contributed by atoms with Crippen molar-refractivity contribution in [2.75, 3.05) is 0 Å². The van der Waals surface area contributed by atoms with Crippen molar-refractivity contribution in [3.05, 3.63) is 42.2 Å². The summed E-state index contributed by atoms with van der Waals surface area (Å²) in [5, 5.41) is 0.987. The molecule has 1 aromatic carbocycles. The Morgan fingerprint density at radius 2 is 2.18 bits per heavy atom. The molecular weight excluding hydrogens is 230 g/mol. The maximum atomic E-state index is 6.12. The summed E-state index contributed by atoms with van der Waals surface area (Å²) in [4.78, 5) is 5.51. The highest BCUT2D eigenvalue weighted by atomic mass is 32.2. The van der Waals surface area contributed by atoms with E-state index in [0.29, 0.717) is 0 Å². The molecule has 1 atom stereocenters. The smallest absolute Gasteiger partial charge is 0.172 e. The highest BCUT2D eigenvalue weighted by Gasteiger charge is 2.11. The molecule has 0 amide bonds. The fraction of sp³-hybridized carbons (Fsp3) is 0.308. The van der Waals surface area contributed by atoms with Crippen LogP contribution in [0, 0.1) is 0 Å². The second-order valence-electron chi connectivity index (χ2n) is 3.98. The first kappa shape index (κ1) is 12.2. The quantitative estimate of drug-likeness (QED) is 0.903. The Bertz CT molecular complexity index is 493. The Hall–Kier alpha value is -1.26. The zero-order valence-corrected chi connectivity index (χ0v) is 10.9. The lowest BCUT2D eigenvalue weighted by Crippen LogP contribution is -2.09. The molecule has 90 valence electrons. The van der Waals surface area contributed by atoms with Gasteiger partial charge in [-0.15, -0.1) is 0 Å². The molecule has 0 saturated carbocycles. The molecule has 0 aliphatic rings. The number of benzene rings is 1. The van der Waals surface area contributed by atoms with E-state index in [0.717, 1.165) is 11.6 Å². The molecule has 3 nitrogen and oxygen atoms in total. The van der Waals surface area contributed by atoms with E-state index in [9.17, 15) is 0 Å².